The third-order valence-corrected chi connectivity index (χ3v) is 6.07. The quantitative estimate of drug-likeness (QED) is 0.725. The van der Waals surface area contributed by atoms with Crippen molar-refractivity contribution in [1.29, 1.82) is 0 Å². The Bertz CT molecular complexity index is 920. The van der Waals surface area contributed by atoms with Crippen LogP contribution in [0.2, 0.25) is 5.02 Å². The van der Waals surface area contributed by atoms with Gasteiger partial charge in [-0.25, -0.2) is 0 Å². The zero-order valence-electron chi connectivity index (χ0n) is 18.4. The van der Waals surface area contributed by atoms with Gasteiger partial charge in [-0.1, -0.05) is 37.6 Å². The molecule has 1 aromatic heterocycles. The second kappa shape index (κ2) is 9.21. The maximum absolute atomic E-state index is 12.7. The van der Waals surface area contributed by atoms with E-state index in [0.717, 1.165) is 29.1 Å². The van der Waals surface area contributed by atoms with E-state index in [2.05, 4.69) is 31.2 Å². The van der Waals surface area contributed by atoms with Crippen LogP contribution < -0.4 is 5.32 Å². The van der Waals surface area contributed by atoms with Crippen LogP contribution in [0.4, 0.5) is 0 Å². The minimum Gasteiger partial charge on any atom is -0.350 e. The SMILES string of the molecule is Cc1nn(CC(C)C)c(C)c1CCC(=O)N[C@H]1CC(=O)N(C)[C@H]1c1ccc(Cl)cc1. The molecule has 6 nitrogen and oxygen atoms in total. The highest BCUT2D eigenvalue weighted by Crippen LogP contribution is 2.32. The van der Waals surface area contributed by atoms with Crippen LogP contribution in [0, 0.1) is 19.8 Å². The van der Waals surface area contributed by atoms with E-state index in [9.17, 15) is 9.59 Å². The standard InChI is InChI=1S/C23H31ClN4O2/c1-14(2)13-28-16(4)19(15(3)26-28)10-11-21(29)25-20-12-22(30)27(5)23(20)17-6-8-18(24)9-7-17/h6-9,14,20,23H,10-13H2,1-5H3,(H,25,29)/t20-,23-/m0/s1. The van der Waals surface area contributed by atoms with Crippen molar-refractivity contribution in [1.82, 2.24) is 20.0 Å². The topological polar surface area (TPSA) is 67.2 Å². The number of halogens is 1. The number of rotatable bonds is 7. The fourth-order valence-corrected chi connectivity index (χ4v) is 4.38. The van der Waals surface area contributed by atoms with E-state index in [4.69, 9.17) is 11.6 Å². The molecule has 2 atom stereocenters. The van der Waals surface area contributed by atoms with E-state index in [1.165, 1.54) is 0 Å². The summed E-state index contributed by atoms with van der Waals surface area (Å²) in [4.78, 5) is 26.8. The molecule has 0 unspecified atom stereocenters. The van der Waals surface area contributed by atoms with E-state index in [1.807, 2.05) is 35.9 Å². The second-order valence-electron chi connectivity index (χ2n) is 8.60. The third kappa shape index (κ3) is 4.86. The Morgan fingerprint density at radius 2 is 1.93 bits per heavy atom. The molecule has 1 fully saturated rings. The molecule has 1 saturated heterocycles. The molecule has 0 aliphatic carbocycles. The lowest BCUT2D eigenvalue weighted by atomic mass is 9.99. The number of nitrogens with one attached hydrogen (secondary N) is 1. The first-order chi connectivity index (χ1) is 14.2. The maximum atomic E-state index is 12.7. The molecule has 1 aliphatic rings. The van der Waals surface area contributed by atoms with Gasteiger partial charge in [0.2, 0.25) is 11.8 Å². The first kappa shape index (κ1) is 22.3. The highest BCUT2D eigenvalue weighted by molar-refractivity contribution is 6.30. The Balaban J connectivity index is 1.66. The molecule has 7 heteroatoms. The molecular formula is C23H31ClN4O2. The van der Waals surface area contributed by atoms with Gasteiger partial charge >= 0.3 is 0 Å². The van der Waals surface area contributed by atoms with Crippen molar-refractivity contribution in [3.63, 3.8) is 0 Å². The average Bonchev–Trinajstić information content (AvgIpc) is 3.09. The number of carbonyl (C=O) groups excluding carboxylic acids is 2. The summed E-state index contributed by atoms with van der Waals surface area (Å²) in [6.07, 6.45) is 1.32. The molecule has 3 rings (SSSR count). The van der Waals surface area contributed by atoms with Crippen LogP contribution in [-0.4, -0.2) is 39.6 Å². The zero-order chi connectivity index (χ0) is 22.0. The van der Waals surface area contributed by atoms with E-state index >= 15 is 0 Å². The Kier molecular flexibility index (Phi) is 6.86. The molecule has 1 N–H and O–H groups in total. The number of likely N-dealkylation sites (tertiary alicyclic amines) is 1. The first-order valence-corrected chi connectivity index (χ1v) is 10.9. The van der Waals surface area contributed by atoms with Gasteiger partial charge in [0.1, 0.15) is 0 Å². The van der Waals surface area contributed by atoms with Gasteiger partial charge in [0.15, 0.2) is 0 Å². The first-order valence-electron chi connectivity index (χ1n) is 10.5. The molecule has 1 aromatic carbocycles. The third-order valence-electron chi connectivity index (χ3n) is 5.82. The number of aromatic nitrogens is 2. The fourth-order valence-electron chi connectivity index (χ4n) is 4.25. The Hall–Kier alpha value is -2.34. The summed E-state index contributed by atoms with van der Waals surface area (Å²) < 4.78 is 2.04. The predicted molar refractivity (Wildman–Crippen MR) is 118 cm³/mol. The smallest absolute Gasteiger partial charge is 0.225 e. The Morgan fingerprint density at radius 1 is 1.27 bits per heavy atom. The van der Waals surface area contributed by atoms with Gasteiger partial charge in [-0.05, 0) is 49.4 Å². The fraction of sp³-hybridized carbons (Fsp3) is 0.522. The summed E-state index contributed by atoms with van der Waals surface area (Å²) in [6.45, 7) is 9.27. The minimum atomic E-state index is -0.248. The van der Waals surface area contributed by atoms with Gasteiger partial charge in [0.05, 0.1) is 17.8 Å². The van der Waals surface area contributed by atoms with E-state index in [1.54, 1.807) is 11.9 Å². The number of hydrogen-bond donors (Lipinski definition) is 1. The van der Waals surface area contributed by atoms with Crippen molar-refractivity contribution in [2.75, 3.05) is 7.05 Å². The number of aryl methyl sites for hydroxylation is 1. The lowest BCUT2D eigenvalue weighted by Crippen LogP contribution is -2.39. The Labute approximate surface area is 183 Å². The zero-order valence-corrected chi connectivity index (χ0v) is 19.2. The predicted octanol–water partition coefficient (Wildman–Crippen LogP) is 3.83. The number of amides is 2. The molecule has 0 spiro atoms. The van der Waals surface area contributed by atoms with Crippen LogP contribution in [0.15, 0.2) is 24.3 Å². The van der Waals surface area contributed by atoms with Crippen LogP contribution in [0.3, 0.4) is 0 Å². The van der Waals surface area contributed by atoms with Crippen LogP contribution >= 0.6 is 11.6 Å². The molecule has 0 saturated carbocycles. The molecule has 2 aromatic rings. The van der Waals surface area contributed by atoms with Crippen molar-refractivity contribution in [2.45, 2.75) is 65.6 Å². The summed E-state index contributed by atoms with van der Waals surface area (Å²) in [6, 6.07) is 7.02. The highest BCUT2D eigenvalue weighted by Gasteiger charge is 2.39. The number of nitrogens with zero attached hydrogens (tertiary/aromatic N) is 3. The number of likely N-dealkylation sites (N-methyl/N-ethyl adjacent to an activating group) is 1. The van der Waals surface area contributed by atoms with Crippen LogP contribution in [0.1, 0.15) is 55.2 Å². The number of benzene rings is 1. The summed E-state index contributed by atoms with van der Waals surface area (Å²) in [5, 5.41) is 8.37. The molecule has 0 bridgehead atoms. The molecular weight excluding hydrogens is 400 g/mol. The van der Waals surface area contributed by atoms with Gasteiger partial charge in [0, 0.05) is 37.2 Å². The molecule has 2 amide bonds. The van der Waals surface area contributed by atoms with Crippen molar-refractivity contribution in [3.8, 4) is 0 Å². The summed E-state index contributed by atoms with van der Waals surface area (Å²) in [5.74, 6) is 0.500. The summed E-state index contributed by atoms with van der Waals surface area (Å²) in [5.41, 5.74) is 4.22. The maximum Gasteiger partial charge on any atom is 0.225 e. The molecule has 162 valence electrons. The molecule has 2 heterocycles. The van der Waals surface area contributed by atoms with E-state index in [0.29, 0.717) is 30.2 Å². The number of hydrogen-bond acceptors (Lipinski definition) is 3. The van der Waals surface area contributed by atoms with Crippen molar-refractivity contribution < 1.29 is 9.59 Å². The van der Waals surface area contributed by atoms with E-state index < -0.39 is 0 Å². The van der Waals surface area contributed by atoms with Gasteiger partial charge in [-0.15, -0.1) is 0 Å². The molecule has 1 aliphatic heterocycles. The minimum absolute atomic E-state index is 0.0295. The van der Waals surface area contributed by atoms with Gasteiger partial charge in [-0.2, -0.15) is 5.10 Å². The highest BCUT2D eigenvalue weighted by atomic mass is 35.5. The van der Waals surface area contributed by atoms with Crippen molar-refractivity contribution in [2.24, 2.45) is 5.92 Å². The van der Waals surface area contributed by atoms with Gasteiger partial charge < -0.3 is 10.2 Å². The lowest BCUT2D eigenvalue weighted by Gasteiger charge is -2.26. The Morgan fingerprint density at radius 3 is 2.57 bits per heavy atom. The van der Waals surface area contributed by atoms with Crippen molar-refractivity contribution >= 4 is 23.4 Å². The monoisotopic (exact) mass is 430 g/mol. The van der Waals surface area contributed by atoms with Crippen molar-refractivity contribution in [3.05, 3.63) is 51.8 Å². The molecule has 0 radical (unpaired) electrons. The van der Waals surface area contributed by atoms with E-state index in [-0.39, 0.29) is 23.9 Å². The van der Waals surface area contributed by atoms with Gasteiger partial charge in [-0.3, -0.25) is 14.3 Å². The second-order valence-corrected chi connectivity index (χ2v) is 9.04. The van der Waals surface area contributed by atoms with Crippen LogP contribution in [0.25, 0.3) is 0 Å². The summed E-state index contributed by atoms with van der Waals surface area (Å²) >= 11 is 6.00. The van der Waals surface area contributed by atoms with Gasteiger partial charge in [0.25, 0.3) is 0 Å². The largest absolute Gasteiger partial charge is 0.350 e. The normalized spacial score (nSPS) is 19.0. The van der Waals surface area contributed by atoms with Crippen LogP contribution in [0.5, 0.6) is 0 Å². The molecule has 30 heavy (non-hydrogen) atoms. The average molecular weight is 431 g/mol. The lowest BCUT2D eigenvalue weighted by molar-refractivity contribution is -0.127. The summed E-state index contributed by atoms with van der Waals surface area (Å²) in [7, 11) is 1.78. The number of carbonyl (C=O) groups is 2. The van der Waals surface area contributed by atoms with Crippen LogP contribution in [-0.2, 0) is 22.6 Å².